The highest BCUT2D eigenvalue weighted by Crippen LogP contribution is 2.34. The largest absolute Gasteiger partial charge is 0.382 e. The fraction of sp³-hybridized carbons (Fsp3) is 0.520. The van der Waals surface area contributed by atoms with Gasteiger partial charge in [-0.15, -0.1) is 0 Å². The van der Waals surface area contributed by atoms with Crippen molar-refractivity contribution in [2.75, 3.05) is 42.7 Å². The maximum Gasteiger partial charge on any atom is 0.294 e. The average molecular weight is 464 g/mol. The highest BCUT2D eigenvalue weighted by atomic mass is 16.6. The first kappa shape index (κ1) is 23.8. The molecule has 2 aliphatic rings. The normalized spacial score (nSPS) is 21.2. The molecule has 1 aromatic heterocycles. The number of nitriles is 1. The molecular weight excluding hydrogens is 430 g/mol. The molecule has 1 aliphatic heterocycles. The molecule has 1 saturated carbocycles. The SMILES string of the molecule is CN(C)C1CCN(c2ccc(NC3CCC(Nc4ccc(C#N)cn4)CC3)cc2[N+](=O)[O-])CC1. The minimum atomic E-state index is -0.260. The Hall–Kier alpha value is -3.38. The maximum atomic E-state index is 11.8. The number of aromatic nitrogens is 1. The van der Waals surface area contributed by atoms with Gasteiger partial charge < -0.3 is 20.4 Å². The van der Waals surface area contributed by atoms with Crippen LogP contribution in [0, 0.1) is 21.4 Å². The van der Waals surface area contributed by atoms with Crippen molar-refractivity contribution >= 4 is 22.9 Å². The Labute approximate surface area is 200 Å². The number of nitro groups is 1. The number of piperidine rings is 1. The van der Waals surface area contributed by atoms with Crippen molar-refractivity contribution in [1.29, 1.82) is 5.26 Å². The number of nitrogens with zero attached hydrogens (tertiary/aromatic N) is 5. The van der Waals surface area contributed by atoms with Crippen LogP contribution in [0.5, 0.6) is 0 Å². The van der Waals surface area contributed by atoms with E-state index in [4.69, 9.17) is 5.26 Å². The van der Waals surface area contributed by atoms with Gasteiger partial charge in [-0.25, -0.2) is 4.98 Å². The van der Waals surface area contributed by atoms with E-state index in [9.17, 15) is 10.1 Å². The molecule has 1 aromatic carbocycles. The van der Waals surface area contributed by atoms with Crippen LogP contribution in [0.1, 0.15) is 44.1 Å². The number of pyridine rings is 1. The predicted octanol–water partition coefficient (Wildman–Crippen LogP) is 4.23. The van der Waals surface area contributed by atoms with Crippen LogP contribution in [0.4, 0.5) is 22.9 Å². The minimum Gasteiger partial charge on any atom is -0.382 e. The van der Waals surface area contributed by atoms with Crippen LogP contribution in [0.2, 0.25) is 0 Å². The summed E-state index contributed by atoms with van der Waals surface area (Å²) in [7, 11) is 4.19. The van der Waals surface area contributed by atoms with Crippen molar-refractivity contribution in [1.82, 2.24) is 9.88 Å². The molecule has 0 amide bonds. The van der Waals surface area contributed by atoms with Crippen molar-refractivity contribution in [2.24, 2.45) is 0 Å². The quantitative estimate of drug-likeness (QED) is 0.464. The third-order valence-electron chi connectivity index (χ3n) is 7.05. The molecule has 2 N–H and O–H groups in total. The van der Waals surface area contributed by atoms with E-state index in [0.717, 1.165) is 68.8 Å². The molecule has 9 nitrogen and oxygen atoms in total. The van der Waals surface area contributed by atoms with Gasteiger partial charge in [0.1, 0.15) is 17.6 Å². The summed E-state index contributed by atoms with van der Waals surface area (Å²) in [5.41, 5.74) is 2.26. The molecule has 180 valence electrons. The number of hydrogen-bond acceptors (Lipinski definition) is 8. The summed E-state index contributed by atoms with van der Waals surface area (Å²) in [6, 6.07) is 12.4. The summed E-state index contributed by atoms with van der Waals surface area (Å²) in [6.07, 6.45) is 7.53. The van der Waals surface area contributed by atoms with E-state index in [2.05, 4.69) is 45.6 Å². The number of nitrogens with one attached hydrogen (secondary N) is 2. The van der Waals surface area contributed by atoms with Gasteiger partial charge in [-0.2, -0.15) is 5.26 Å². The Bertz CT molecular complexity index is 1020. The highest BCUT2D eigenvalue weighted by Gasteiger charge is 2.27. The molecule has 2 fully saturated rings. The third kappa shape index (κ3) is 5.75. The molecule has 1 aliphatic carbocycles. The molecule has 0 radical (unpaired) electrons. The monoisotopic (exact) mass is 463 g/mol. The standard InChI is InChI=1S/C25H33N7O2/c1-30(2)22-11-13-31(14-12-22)23-9-8-21(15-24(23)32(33)34)28-19-4-6-20(7-5-19)29-25-10-3-18(16-26)17-27-25/h3,8-10,15,17,19-20,22,28H,4-7,11-14H2,1-2H3,(H,27,29). The molecule has 2 aromatic rings. The highest BCUT2D eigenvalue weighted by molar-refractivity contribution is 5.69. The van der Waals surface area contributed by atoms with Crippen LogP contribution in [-0.4, -0.2) is 60.1 Å². The lowest BCUT2D eigenvalue weighted by atomic mass is 9.91. The molecule has 0 unspecified atom stereocenters. The van der Waals surface area contributed by atoms with Crippen molar-refractivity contribution in [3.8, 4) is 6.07 Å². The van der Waals surface area contributed by atoms with Crippen LogP contribution >= 0.6 is 0 Å². The van der Waals surface area contributed by atoms with Crippen LogP contribution in [-0.2, 0) is 0 Å². The van der Waals surface area contributed by atoms with Gasteiger partial charge in [0.2, 0.25) is 0 Å². The van der Waals surface area contributed by atoms with E-state index < -0.39 is 0 Å². The number of benzene rings is 1. The second-order valence-corrected chi connectivity index (χ2v) is 9.52. The molecule has 0 spiro atoms. The first-order chi connectivity index (χ1) is 16.4. The lowest BCUT2D eigenvalue weighted by Gasteiger charge is -2.36. The summed E-state index contributed by atoms with van der Waals surface area (Å²) >= 11 is 0. The Kier molecular flexibility index (Phi) is 7.48. The molecule has 2 heterocycles. The first-order valence-corrected chi connectivity index (χ1v) is 12.0. The second-order valence-electron chi connectivity index (χ2n) is 9.52. The predicted molar refractivity (Wildman–Crippen MR) is 134 cm³/mol. The van der Waals surface area contributed by atoms with Gasteiger partial charge in [0, 0.05) is 49.2 Å². The van der Waals surface area contributed by atoms with E-state index >= 15 is 0 Å². The zero-order valence-electron chi connectivity index (χ0n) is 19.9. The van der Waals surface area contributed by atoms with Gasteiger partial charge in [0.05, 0.1) is 10.5 Å². The lowest BCUT2D eigenvalue weighted by molar-refractivity contribution is -0.384. The number of hydrogen-bond donors (Lipinski definition) is 2. The van der Waals surface area contributed by atoms with Gasteiger partial charge in [-0.1, -0.05) is 0 Å². The summed E-state index contributed by atoms with van der Waals surface area (Å²) in [6.45, 7) is 1.67. The van der Waals surface area contributed by atoms with E-state index in [-0.39, 0.29) is 16.7 Å². The topological polar surface area (TPSA) is 110 Å². The molecule has 0 atom stereocenters. The molecule has 0 bridgehead atoms. The number of rotatable bonds is 7. The van der Waals surface area contributed by atoms with Crippen molar-refractivity contribution < 1.29 is 4.92 Å². The van der Waals surface area contributed by atoms with Crippen LogP contribution in [0.15, 0.2) is 36.5 Å². The van der Waals surface area contributed by atoms with Crippen LogP contribution in [0.25, 0.3) is 0 Å². The summed E-state index contributed by atoms with van der Waals surface area (Å²) in [5, 5.41) is 27.7. The maximum absolute atomic E-state index is 11.8. The molecule has 34 heavy (non-hydrogen) atoms. The molecule has 9 heteroatoms. The Morgan fingerprint density at radius 2 is 1.74 bits per heavy atom. The zero-order chi connectivity index (χ0) is 24.1. The first-order valence-electron chi connectivity index (χ1n) is 12.0. The van der Waals surface area contributed by atoms with Crippen molar-refractivity contribution in [3.63, 3.8) is 0 Å². The molecule has 4 rings (SSSR count). The van der Waals surface area contributed by atoms with E-state index in [0.29, 0.717) is 17.6 Å². The Morgan fingerprint density at radius 1 is 1.06 bits per heavy atom. The number of nitro benzene ring substituents is 1. The van der Waals surface area contributed by atoms with Crippen molar-refractivity contribution in [2.45, 2.75) is 56.7 Å². The molecule has 1 saturated heterocycles. The van der Waals surface area contributed by atoms with E-state index in [1.54, 1.807) is 18.3 Å². The average Bonchev–Trinajstić information content (AvgIpc) is 2.85. The fourth-order valence-electron chi connectivity index (χ4n) is 5.02. The smallest absolute Gasteiger partial charge is 0.294 e. The molecular formula is C25H33N7O2. The number of anilines is 3. The zero-order valence-corrected chi connectivity index (χ0v) is 19.9. The van der Waals surface area contributed by atoms with Crippen LogP contribution in [0.3, 0.4) is 0 Å². The van der Waals surface area contributed by atoms with Gasteiger partial charge in [0.25, 0.3) is 5.69 Å². The summed E-state index contributed by atoms with van der Waals surface area (Å²) < 4.78 is 0. The minimum absolute atomic E-state index is 0.176. The second kappa shape index (κ2) is 10.7. The van der Waals surface area contributed by atoms with Gasteiger partial charge in [-0.05, 0) is 76.9 Å². The van der Waals surface area contributed by atoms with Gasteiger partial charge in [0.15, 0.2) is 0 Å². The fourth-order valence-corrected chi connectivity index (χ4v) is 5.02. The van der Waals surface area contributed by atoms with Crippen molar-refractivity contribution in [3.05, 3.63) is 52.2 Å². The van der Waals surface area contributed by atoms with Crippen LogP contribution < -0.4 is 15.5 Å². The van der Waals surface area contributed by atoms with Gasteiger partial charge >= 0.3 is 0 Å². The van der Waals surface area contributed by atoms with Gasteiger partial charge in [-0.3, -0.25) is 10.1 Å². The van der Waals surface area contributed by atoms with E-state index in [1.165, 1.54) is 0 Å². The van der Waals surface area contributed by atoms with E-state index in [1.807, 2.05) is 18.2 Å². The Morgan fingerprint density at radius 3 is 2.29 bits per heavy atom. The lowest BCUT2D eigenvalue weighted by Crippen LogP contribution is -2.42. The Balaban J connectivity index is 1.33. The summed E-state index contributed by atoms with van der Waals surface area (Å²) in [4.78, 5) is 20.3. The summed E-state index contributed by atoms with van der Waals surface area (Å²) in [5.74, 6) is 0.788. The third-order valence-corrected chi connectivity index (χ3v) is 7.05.